The van der Waals surface area contributed by atoms with Crippen LogP contribution in [0, 0.1) is 20.8 Å². The minimum atomic E-state index is -0.978. The summed E-state index contributed by atoms with van der Waals surface area (Å²) >= 11 is 0. The van der Waals surface area contributed by atoms with Gasteiger partial charge in [0.25, 0.3) is 0 Å². The van der Waals surface area contributed by atoms with E-state index in [0.717, 1.165) is 44.5 Å². The van der Waals surface area contributed by atoms with Gasteiger partial charge in [0.05, 0.1) is 12.5 Å². The number of carbonyl (C=O) groups excluding carboxylic acids is 1. The first-order chi connectivity index (χ1) is 15.3. The van der Waals surface area contributed by atoms with Gasteiger partial charge in [0, 0.05) is 5.92 Å². The van der Waals surface area contributed by atoms with Crippen molar-refractivity contribution in [2.45, 2.75) is 39.2 Å². The lowest BCUT2D eigenvalue weighted by atomic mass is 9.92. The van der Waals surface area contributed by atoms with Gasteiger partial charge in [0.2, 0.25) is 0 Å². The number of rotatable bonds is 6. The molecule has 0 heterocycles. The topological polar surface area (TPSA) is 75.6 Å². The van der Waals surface area contributed by atoms with Gasteiger partial charge in [-0.25, -0.2) is 4.79 Å². The summed E-state index contributed by atoms with van der Waals surface area (Å²) in [5.74, 6) is -1.03. The average molecular weight is 430 g/mol. The number of benzene rings is 3. The number of nitrogens with one attached hydrogen (secondary N) is 1. The Balaban J connectivity index is 1.52. The molecule has 0 aliphatic heterocycles. The highest BCUT2D eigenvalue weighted by Gasteiger charge is 2.29. The number of hydrogen-bond acceptors (Lipinski definition) is 3. The summed E-state index contributed by atoms with van der Waals surface area (Å²) in [6.07, 6.45) is -0.827. The Hall–Kier alpha value is -3.60. The highest BCUT2D eigenvalue weighted by atomic mass is 16.5. The first-order valence-corrected chi connectivity index (χ1v) is 10.8. The van der Waals surface area contributed by atoms with Crippen molar-refractivity contribution in [3.63, 3.8) is 0 Å². The summed E-state index contributed by atoms with van der Waals surface area (Å²) < 4.78 is 5.63. The van der Waals surface area contributed by atoms with Gasteiger partial charge in [0.15, 0.2) is 0 Å². The third-order valence-corrected chi connectivity index (χ3v) is 6.10. The molecule has 0 unspecified atom stereocenters. The van der Waals surface area contributed by atoms with Crippen LogP contribution < -0.4 is 5.32 Å². The lowest BCUT2D eigenvalue weighted by Gasteiger charge is -2.22. The van der Waals surface area contributed by atoms with E-state index < -0.39 is 18.1 Å². The van der Waals surface area contributed by atoms with Crippen molar-refractivity contribution in [2.24, 2.45) is 0 Å². The molecule has 5 heteroatoms. The highest BCUT2D eigenvalue weighted by Crippen LogP contribution is 2.44. The van der Waals surface area contributed by atoms with E-state index in [1.54, 1.807) is 0 Å². The van der Waals surface area contributed by atoms with Gasteiger partial charge in [-0.2, -0.15) is 0 Å². The molecule has 32 heavy (non-hydrogen) atoms. The molecule has 4 rings (SSSR count). The Morgan fingerprint density at radius 2 is 1.47 bits per heavy atom. The molecular formula is C27H27NO4. The van der Waals surface area contributed by atoms with E-state index in [2.05, 4.69) is 29.6 Å². The van der Waals surface area contributed by atoms with E-state index in [9.17, 15) is 14.7 Å². The molecular weight excluding hydrogens is 402 g/mol. The van der Waals surface area contributed by atoms with E-state index in [0.29, 0.717) is 0 Å². The monoisotopic (exact) mass is 429 g/mol. The maximum atomic E-state index is 12.8. The number of aliphatic carboxylic acids is 1. The number of hydrogen-bond donors (Lipinski definition) is 2. The summed E-state index contributed by atoms with van der Waals surface area (Å²) in [7, 11) is 0. The summed E-state index contributed by atoms with van der Waals surface area (Å²) in [5.41, 5.74) is 8.41. The molecule has 3 aromatic carbocycles. The summed E-state index contributed by atoms with van der Waals surface area (Å²) in [6, 6.07) is 19.6. The van der Waals surface area contributed by atoms with Gasteiger partial charge in [-0.15, -0.1) is 0 Å². The van der Waals surface area contributed by atoms with Crippen molar-refractivity contribution >= 4 is 12.1 Å². The first-order valence-electron chi connectivity index (χ1n) is 10.8. The molecule has 1 aliphatic rings. The molecule has 0 aromatic heterocycles. The van der Waals surface area contributed by atoms with E-state index in [1.807, 2.05) is 57.2 Å². The van der Waals surface area contributed by atoms with E-state index in [-0.39, 0.29) is 18.9 Å². The lowest BCUT2D eigenvalue weighted by molar-refractivity contribution is -0.137. The molecule has 1 amide bonds. The second-order valence-electron chi connectivity index (χ2n) is 8.43. The predicted molar refractivity (Wildman–Crippen MR) is 124 cm³/mol. The number of amides is 1. The number of carbonyl (C=O) groups is 2. The van der Waals surface area contributed by atoms with E-state index in [4.69, 9.17) is 4.74 Å². The van der Waals surface area contributed by atoms with Crippen molar-refractivity contribution in [3.8, 4) is 11.1 Å². The van der Waals surface area contributed by atoms with Crippen molar-refractivity contribution in [3.05, 3.63) is 94.0 Å². The van der Waals surface area contributed by atoms with Gasteiger partial charge in [-0.1, -0.05) is 66.2 Å². The molecule has 0 saturated heterocycles. The largest absolute Gasteiger partial charge is 0.481 e. The van der Waals surface area contributed by atoms with Crippen LogP contribution in [0.25, 0.3) is 11.1 Å². The number of carboxylic acids is 1. The molecule has 0 spiro atoms. The highest BCUT2D eigenvalue weighted by molar-refractivity contribution is 5.79. The molecule has 2 N–H and O–H groups in total. The molecule has 1 aliphatic carbocycles. The first kappa shape index (κ1) is 21.6. The minimum absolute atomic E-state index is 0.0473. The van der Waals surface area contributed by atoms with Gasteiger partial charge < -0.3 is 15.2 Å². The van der Waals surface area contributed by atoms with Crippen LogP contribution in [0.15, 0.2) is 60.7 Å². The number of alkyl carbamates (subject to hydrolysis) is 1. The maximum Gasteiger partial charge on any atom is 0.407 e. The fourth-order valence-electron chi connectivity index (χ4n) is 4.92. The molecule has 3 aromatic rings. The van der Waals surface area contributed by atoms with Gasteiger partial charge in [-0.3, -0.25) is 4.79 Å². The average Bonchev–Trinajstić information content (AvgIpc) is 3.05. The Labute approximate surface area is 188 Å². The van der Waals surface area contributed by atoms with E-state index >= 15 is 0 Å². The van der Waals surface area contributed by atoms with Gasteiger partial charge >= 0.3 is 12.1 Å². The number of aryl methyl sites for hydroxylation is 3. The summed E-state index contributed by atoms with van der Waals surface area (Å²) in [5, 5.41) is 12.2. The fraction of sp³-hybridized carbons (Fsp3) is 0.259. The normalized spacial score (nSPS) is 13.2. The van der Waals surface area contributed by atoms with Crippen molar-refractivity contribution in [1.29, 1.82) is 0 Å². The minimum Gasteiger partial charge on any atom is -0.481 e. The van der Waals surface area contributed by atoms with Crippen LogP contribution in [-0.2, 0) is 9.53 Å². The van der Waals surface area contributed by atoms with E-state index in [1.165, 1.54) is 0 Å². The molecule has 164 valence electrons. The number of ether oxygens (including phenoxy) is 1. The van der Waals surface area contributed by atoms with Crippen molar-refractivity contribution < 1.29 is 19.4 Å². The molecule has 0 bridgehead atoms. The Bertz CT molecular complexity index is 1120. The maximum absolute atomic E-state index is 12.8. The van der Waals surface area contributed by atoms with Gasteiger partial charge in [-0.05, 0) is 59.7 Å². The van der Waals surface area contributed by atoms with Gasteiger partial charge in [0.1, 0.15) is 6.61 Å². The number of carboxylic acid groups (broad SMARTS) is 1. The second-order valence-corrected chi connectivity index (χ2v) is 8.43. The quantitative estimate of drug-likeness (QED) is 0.530. The number of fused-ring (bicyclic) bond motifs is 3. The van der Waals surface area contributed by atoms with Crippen LogP contribution in [0.2, 0.25) is 0 Å². The molecule has 1 atom stereocenters. The van der Waals surface area contributed by atoms with Crippen molar-refractivity contribution in [2.75, 3.05) is 6.61 Å². The summed E-state index contributed by atoms with van der Waals surface area (Å²) in [4.78, 5) is 24.3. The molecule has 5 nitrogen and oxygen atoms in total. The third-order valence-electron chi connectivity index (χ3n) is 6.10. The molecule has 0 saturated carbocycles. The van der Waals surface area contributed by atoms with Crippen LogP contribution in [0.1, 0.15) is 51.8 Å². The van der Waals surface area contributed by atoms with Crippen LogP contribution in [-0.4, -0.2) is 23.8 Å². The zero-order chi connectivity index (χ0) is 22.8. The van der Waals surface area contributed by atoms with Crippen LogP contribution in [0.3, 0.4) is 0 Å². The zero-order valence-corrected chi connectivity index (χ0v) is 18.5. The smallest absolute Gasteiger partial charge is 0.407 e. The third kappa shape index (κ3) is 4.24. The standard InChI is InChI=1S/C27H27NO4/c1-16-12-17(2)26(18(3)13-16)24(14-25(29)30)28-27(31)32-15-23-21-10-6-4-8-19(21)20-9-5-7-11-22(20)23/h4-13,23-24H,14-15H2,1-3H3,(H,28,31)(H,29,30)/t24-/m1/s1. The molecule has 0 radical (unpaired) electrons. The SMILES string of the molecule is Cc1cc(C)c([C@@H](CC(=O)O)NC(=O)OCC2c3ccccc3-c3ccccc32)c(C)c1. The molecule has 0 fully saturated rings. The Morgan fingerprint density at radius 3 is 2.00 bits per heavy atom. The predicted octanol–water partition coefficient (Wildman–Crippen LogP) is 5.67. The lowest BCUT2D eigenvalue weighted by Crippen LogP contribution is -2.32. The second kappa shape index (κ2) is 8.87. The summed E-state index contributed by atoms with van der Waals surface area (Å²) in [6.45, 7) is 6.05. The van der Waals surface area contributed by atoms with Crippen LogP contribution in [0.4, 0.5) is 4.79 Å². The van der Waals surface area contributed by atoms with Crippen LogP contribution in [0.5, 0.6) is 0 Å². The fourth-order valence-corrected chi connectivity index (χ4v) is 4.92. The van der Waals surface area contributed by atoms with Crippen LogP contribution >= 0.6 is 0 Å². The zero-order valence-electron chi connectivity index (χ0n) is 18.5. The van der Waals surface area contributed by atoms with Crippen molar-refractivity contribution in [1.82, 2.24) is 5.32 Å². The Morgan fingerprint density at radius 1 is 0.938 bits per heavy atom. The Kier molecular flexibility index (Phi) is 5.99.